The van der Waals surface area contributed by atoms with E-state index in [4.69, 9.17) is 0 Å². The third kappa shape index (κ3) is 2.23. The summed E-state index contributed by atoms with van der Waals surface area (Å²) in [6.07, 6.45) is 0. The van der Waals surface area contributed by atoms with E-state index in [-0.39, 0.29) is 11.3 Å². The summed E-state index contributed by atoms with van der Waals surface area (Å²) < 4.78 is 0. The first-order chi connectivity index (χ1) is 18.8. The maximum Gasteiger partial charge on any atom is 0.256 e. The van der Waals surface area contributed by atoms with E-state index in [9.17, 15) is 4.79 Å². The molecule has 176 valence electrons. The van der Waals surface area contributed by atoms with Crippen molar-refractivity contribution >= 4 is 22.4 Å². The van der Waals surface area contributed by atoms with Gasteiger partial charge >= 0.3 is 0 Å². The second-order valence-corrected chi connectivity index (χ2v) is 10.5. The Morgan fingerprint density at radius 2 is 1.03 bits per heavy atom. The van der Waals surface area contributed by atoms with Crippen LogP contribution in [0.25, 0.3) is 44.2 Å². The van der Waals surface area contributed by atoms with Crippen LogP contribution in [-0.2, 0) is 5.41 Å². The van der Waals surface area contributed by atoms with Gasteiger partial charge in [0.25, 0.3) is 5.91 Å². The molecular weight excluding hydrogens is 462 g/mol. The number of fused-ring (bicyclic) bond motifs is 10. The van der Waals surface area contributed by atoms with Crippen molar-refractivity contribution in [3.8, 4) is 33.4 Å². The van der Waals surface area contributed by atoms with E-state index in [0.717, 1.165) is 27.6 Å². The molecule has 1 aliphatic heterocycles. The molecule has 0 saturated carbocycles. The summed E-state index contributed by atoms with van der Waals surface area (Å²) in [7, 11) is 0. The average molecular weight is 484 g/mol. The number of hydrogen-bond donors (Lipinski definition) is 1. The molecule has 6 aromatic rings. The Hall–Kier alpha value is -4.95. The van der Waals surface area contributed by atoms with Crippen molar-refractivity contribution < 1.29 is 4.79 Å². The molecule has 0 fully saturated rings. The van der Waals surface area contributed by atoms with E-state index >= 15 is 0 Å². The summed E-state index contributed by atoms with van der Waals surface area (Å²) in [5.41, 5.74) is 14.2. The van der Waals surface area contributed by atoms with E-state index in [1.54, 1.807) is 0 Å². The molecule has 1 amide bonds. The number of carbonyl (C=O) groups is 1. The van der Waals surface area contributed by atoms with Crippen molar-refractivity contribution in [2.24, 2.45) is 0 Å². The molecule has 0 bridgehead atoms. The zero-order valence-electron chi connectivity index (χ0n) is 20.5. The Balaban J connectivity index is 1.39. The average Bonchev–Trinajstić information content (AvgIpc) is 3.57. The first kappa shape index (κ1) is 20.1. The second-order valence-electron chi connectivity index (χ2n) is 10.5. The minimum Gasteiger partial charge on any atom is -0.321 e. The summed E-state index contributed by atoms with van der Waals surface area (Å²) in [6, 6.07) is 43.9. The molecule has 1 N–H and O–H groups in total. The van der Waals surface area contributed by atoms with Gasteiger partial charge in [-0.25, -0.2) is 0 Å². The highest BCUT2D eigenvalue weighted by Gasteiger charge is 2.51. The molecule has 9 rings (SSSR count). The number of hydrogen-bond acceptors (Lipinski definition) is 1. The van der Waals surface area contributed by atoms with Gasteiger partial charge in [0, 0.05) is 16.6 Å². The molecule has 2 nitrogen and oxygen atoms in total. The maximum atomic E-state index is 12.6. The van der Waals surface area contributed by atoms with Crippen LogP contribution in [0.4, 0.5) is 5.69 Å². The number of benzene rings is 6. The number of carbonyl (C=O) groups excluding carboxylic acids is 1. The third-order valence-corrected chi connectivity index (χ3v) is 8.84. The summed E-state index contributed by atoms with van der Waals surface area (Å²) in [6.45, 7) is 0. The highest BCUT2D eigenvalue weighted by molar-refractivity contribution is 6.25. The highest BCUT2D eigenvalue weighted by atomic mass is 16.1. The Kier molecular flexibility index (Phi) is 3.64. The van der Waals surface area contributed by atoms with Crippen molar-refractivity contribution in [1.82, 2.24) is 0 Å². The van der Waals surface area contributed by atoms with Gasteiger partial charge in [0.05, 0.1) is 5.41 Å². The fourth-order valence-electron chi connectivity index (χ4n) is 7.40. The topological polar surface area (TPSA) is 29.1 Å². The number of rotatable bonds is 1. The molecule has 2 heteroatoms. The van der Waals surface area contributed by atoms with E-state index < -0.39 is 0 Å². The largest absolute Gasteiger partial charge is 0.321 e. The molecule has 0 atom stereocenters. The lowest BCUT2D eigenvalue weighted by Crippen LogP contribution is -2.25. The fourth-order valence-corrected chi connectivity index (χ4v) is 7.40. The summed E-state index contributed by atoms with van der Waals surface area (Å²) in [5, 5.41) is 5.15. The number of amides is 1. The van der Waals surface area contributed by atoms with Crippen LogP contribution >= 0.6 is 0 Å². The molecule has 0 aromatic heterocycles. The quantitative estimate of drug-likeness (QED) is 0.249. The van der Waals surface area contributed by atoms with Gasteiger partial charge in [-0.05, 0) is 79.2 Å². The standard InChI is InChI=1S/C36H21NO/c38-35-28-12-7-11-27-22(18-19-33(37-35)34(27)28)21-16-17-26-25-10-3-6-15-31(25)36(32(26)20-21)29-13-4-1-8-23(29)24-9-2-5-14-30(24)36/h1-20H,(H,37,38). The van der Waals surface area contributed by atoms with E-state index in [1.807, 2.05) is 18.2 Å². The first-order valence-corrected chi connectivity index (χ1v) is 13.1. The molecule has 38 heavy (non-hydrogen) atoms. The monoisotopic (exact) mass is 483 g/mol. The van der Waals surface area contributed by atoms with Crippen molar-refractivity contribution in [3.05, 3.63) is 149 Å². The zero-order chi connectivity index (χ0) is 25.0. The van der Waals surface area contributed by atoms with Gasteiger partial charge in [0.15, 0.2) is 0 Å². The Morgan fingerprint density at radius 3 is 1.68 bits per heavy atom. The summed E-state index contributed by atoms with van der Waals surface area (Å²) in [4.78, 5) is 12.6. The van der Waals surface area contributed by atoms with Crippen molar-refractivity contribution in [1.29, 1.82) is 0 Å². The molecule has 0 unspecified atom stereocenters. The zero-order valence-corrected chi connectivity index (χ0v) is 20.5. The van der Waals surface area contributed by atoms with Gasteiger partial charge < -0.3 is 5.32 Å². The lowest BCUT2D eigenvalue weighted by atomic mass is 9.70. The molecule has 6 aromatic carbocycles. The lowest BCUT2D eigenvalue weighted by molar-refractivity contribution is 0.103. The fraction of sp³-hybridized carbons (Fsp3) is 0.0278. The molecule has 0 saturated heterocycles. The Bertz CT molecular complexity index is 1970. The van der Waals surface area contributed by atoms with Crippen LogP contribution in [0.2, 0.25) is 0 Å². The SMILES string of the molecule is O=C1Nc2ccc(-c3ccc4c(c3)C3(c5ccccc5-c5ccccc53)c3ccccc3-4)c3cccc1c23. The van der Waals surface area contributed by atoms with Crippen LogP contribution in [-0.4, -0.2) is 5.91 Å². The van der Waals surface area contributed by atoms with Gasteiger partial charge in [0.2, 0.25) is 0 Å². The van der Waals surface area contributed by atoms with Crippen molar-refractivity contribution in [2.45, 2.75) is 5.41 Å². The molecule has 1 spiro atoms. The summed E-state index contributed by atoms with van der Waals surface area (Å²) >= 11 is 0. The van der Waals surface area contributed by atoms with Gasteiger partial charge in [-0.15, -0.1) is 0 Å². The van der Waals surface area contributed by atoms with Crippen LogP contribution in [0.1, 0.15) is 32.6 Å². The van der Waals surface area contributed by atoms with Gasteiger partial charge in [-0.3, -0.25) is 4.79 Å². The molecule has 3 aliphatic rings. The van der Waals surface area contributed by atoms with Gasteiger partial charge in [-0.2, -0.15) is 0 Å². The Labute approximate surface area is 220 Å². The molecular formula is C36H21NO. The van der Waals surface area contributed by atoms with E-state index in [1.165, 1.54) is 50.1 Å². The summed E-state index contributed by atoms with van der Waals surface area (Å²) in [5.74, 6) is -0.0229. The van der Waals surface area contributed by atoms with Crippen LogP contribution in [0.15, 0.2) is 121 Å². The van der Waals surface area contributed by atoms with Crippen LogP contribution in [0.3, 0.4) is 0 Å². The maximum absolute atomic E-state index is 12.6. The second kappa shape index (κ2) is 6.87. The normalized spacial score (nSPS) is 14.8. The number of nitrogens with one attached hydrogen (secondary N) is 1. The Morgan fingerprint density at radius 1 is 0.474 bits per heavy atom. The molecule has 0 radical (unpaired) electrons. The minimum absolute atomic E-state index is 0.0229. The molecule has 2 aliphatic carbocycles. The number of anilines is 1. The van der Waals surface area contributed by atoms with Crippen molar-refractivity contribution in [2.75, 3.05) is 5.32 Å². The van der Waals surface area contributed by atoms with Crippen LogP contribution in [0, 0.1) is 0 Å². The van der Waals surface area contributed by atoms with E-state index in [0.29, 0.717) is 0 Å². The molecule has 1 heterocycles. The predicted molar refractivity (Wildman–Crippen MR) is 154 cm³/mol. The first-order valence-electron chi connectivity index (χ1n) is 13.1. The van der Waals surface area contributed by atoms with E-state index in [2.05, 4.69) is 108 Å². The van der Waals surface area contributed by atoms with Gasteiger partial charge in [-0.1, -0.05) is 103 Å². The minimum atomic E-state index is -0.360. The predicted octanol–water partition coefficient (Wildman–Crippen LogP) is 8.42. The lowest BCUT2D eigenvalue weighted by Gasteiger charge is -2.30. The van der Waals surface area contributed by atoms with Crippen molar-refractivity contribution in [3.63, 3.8) is 0 Å². The smallest absolute Gasteiger partial charge is 0.256 e. The third-order valence-electron chi connectivity index (χ3n) is 8.84. The highest BCUT2D eigenvalue weighted by Crippen LogP contribution is 2.63. The van der Waals surface area contributed by atoms with Crippen LogP contribution < -0.4 is 5.32 Å². The van der Waals surface area contributed by atoms with Crippen LogP contribution in [0.5, 0.6) is 0 Å². The van der Waals surface area contributed by atoms with Gasteiger partial charge in [0.1, 0.15) is 0 Å².